The average molecular weight is 271 g/mol. The lowest BCUT2D eigenvalue weighted by Crippen LogP contribution is -2.12. The molecule has 0 fully saturated rings. The van der Waals surface area contributed by atoms with Crippen molar-refractivity contribution in [2.24, 2.45) is 5.73 Å². The third-order valence-electron chi connectivity index (χ3n) is 2.98. The number of amides is 1. The maximum atomic E-state index is 11.4. The highest BCUT2D eigenvalue weighted by Gasteiger charge is 2.12. The summed E-state index contributed by atoms with van der Waals surface area (Å²) < 4.78 is 5.82. The van der Waals surface area contributed by atoms with Crippen molar-refractivity contribution in [1.82, 2.24) is 0 Å². The molecule has 0 saturated heterocycles. The van der Waals surface area contributed by atoms with Crippen molar-refractivity contribution in [3.05, 3.63) is 59.2 Å². The molecule has 104 valence electrons. The van der Waals surface area contributed by atoms with Gasteiger partial charge >= 0.3 is 0 Å². The van der Waals surface area contributed by atoms with Gasteiger partial charge in [-0.05, 0) is 42.7 Å². The monoisotopic (exact) mass is 271 g/mol. The standard InChI is InChI=1S/C16H17NO3/c1-11-6-7-13(16(17)19)15(10-11)20-14-5-3-2-4-12(14)8-9-18/h2-7,10,18H,8-9H2,1H3,(H2,17,19). The van der Waals surface area contributed by atoms with Crippen LogP contribution >= 0.6 is 0 Å². The van der Waals surface area contributed by atoms with Crippen LogP contribution in [-0.2, 0) is 6.42 Å². The summed E-state index contributed by atoms with van der Waals surface area (Å²) in [5.41, 5.74) is 7.56. The molecule has 0 aliphatic rings. The minimum absolute atomic E-state index is 0.0386. The summed E-state index contributed by atoms with van der Waals surface area (Å²) in [4.78, 5) is 11.4. The van der Waals surface area contributed by atoms with E-state index in [1.54, 1.807) is 18.2 Å². The summed E-state index contributed by atoms with van der Waals surface area (Å²) in [6.07, 6.45) is 0.494. The predicted molar refractivity (Wildman–Crippen MR) is 77.0 cm³/mol. The molecule has 20 heavy (non-hydrogen) atoms. The van der Waals surface area contributed by atoms with E-state index < -0.39 is 5.91 Å². The summed E-state index contributed by atoms with van der Waals surface area (Å²) in [5, 5.41) is 9.07. The number of hydrogen-bond acceptors (Lipinski definition) is 3. The van der Waals surface area contributed by atoms with E-state index in [1.165, 1.54) is 0 Å². The van der Waals surface area contributed by atoms with E-state index in [0.29, 0.717) is 23.5 Å². The Labute approximate surface area is 117 Å². The number of carbonyl (C=O) groups excluding carboxylic acids is 1. The molecule has 0 bridgehead atoms. The van der Waals surface area contributed by atoms with Crippen LogP contribution < -0.4 is 10.5 Å². The van der Waals surface area contributed by atoms with Gasteiger partial charge in [-0.3, -0.25) is 4.79 Å². The lowest BCUT2D eigenvalue weighted by Gasteiger charge is -2.13. The Hall–Kier alpha value is -2.33. The van der Waals surface area contributed by atoms with Gasteiger partial charge in [0, 0.05) is 6.61 Å². The second-order valence-electron chi connectivity index (χ2n) is 4.55. The number of ether oxygens (including phenoxy) is 1. The van der Waals surface area contributed by atoms with Gasteiger partial charge in [-0.1, -0.05) is 24.3 Å². The van der Waals surface area contributed by atoms with Crippen LogP contribution in [0.15, 0.2) is 42.5 Å². The second-order valence-corrected chi connectivity index (χ2v) is 4.55. The highest BCUT2D eigenvalue weighted by atomic mass is 16.5. The maximum absolute atomic E-state index is 11.4. The molecule has 0 atom stereocenters. The Morgan fingerprint density at radius 3 is 2.65 bits per heavy atom. The molecule has 4 heteroatoms. The van der Waals surface area contributed by atoms with Gasteiger partial charge in [0.05, 0.1) is 5.56 Å². The lowest BCUT2D eigenvalue weighted by atomic mass is 10.1. The van der Waals surface area contributed by atoms with Gasteiger partial charge in [-0.15, -0.1) is 0 Å². The molecule has 0 aromatic heterocycles. The fourth-order valence-electron chi connectivity index (χ4n) is 1.97. The molecule has 1 amide bonds. The van der Waals surface area contributed by atoms with Gasteiger partial charge < -0.3 is 15.6 Å². The van der Waals surface area contributed by atoms with Crippen LogP contribution in [0.3, 0.4) is 0 Å². The molecule has 4 nitrogen and oxygen atoms in total. The third kappa shape index (κ3) is 3.16. The molecule has 2 aromatic rings. The number of aliphatic hydroxyl groups is 1. The summed E-state index contributed by atoms with van der Waals surface area (Å²) in [6, 6.07) is 12.6. The maximum Gasteiger partial charge on any atom is 0.252 e. The van der Waals surface area contributed by atoms with Crippen molar-refractivity contribution < 1.29 is 14.6 Å². The zero-order valence-electron chi connectivity index (χ0n) is 11.3. The van der Waals surface area contributed by atoms with E-state index in [0.717, 1.165) is 11.1 Å². The minimum atomic E-state index is -0.528. The topological polar surface area (TPSA) is 72.6 Å². The van der Waals surface area contributed by atoms with Crippen LogP contribution in [0.1, 0.15) is 21.5 Å². The molecule has 2 aromatic carbocycles. The highest BCUT2D eigenvalue weighted by molar-refractivity contribution is 5.95. The third-order valence-corrected chi connectivity index (χ3v) is 2.98. The van der Waals surface area contributed by atoms with Crippen LogP contribution in [0.25, 0.3) is 0 Å². The van der Waals surface area contributed by atoms with Crippen LogP contribution in [0.4, 0.5) is 0 Å². The molecular formula is C16H17NO3. The number of para-hydroxylation sites is 1. The zero-order chi connectivity index (χ0) is 14.5. The molecule has 0 spiro atoms. The van der Waals surface area contributed by atoms with Crippen molar-refractivity contribution >= 4 is 5.91 Å². The van der Waals surface area contributed by atoms with Crippen LogP contribution in [-0.4, -0.2) is 17.6 Å². The van der Waals surface area contributed by atoms with E-state index in [2.05, 4.69) is 0 Å². The molecule has 0 saturated carbocycles. The van der Waals surface area contributed by atoms with Crippen molar-refractivity contribution in [1.29, 1.82) is 0 Å². The number of aliphatic hydroxyl groups excluding tert-OH is 1. The Kier molecular flexibility index (Phi) is 4.38. The van der Waals surface area contributed by atoms with Crippen LogP contribution in [0.2, 0.25) is 0 Å². The highest BCUT2D eigenvalue weighted by Crippen LogP contribution is 2.29. The second kappa shape index (κ2) is 6.21. The molecule has 0 radical (unpaired) electrons. The first-order chi connectivity index (χ1) is 9.61. The molecular weight excluding hydrogens is 254 g/mol. The first kappa shape index (κ1) is 14.1. The van der Waals surface area contributed by atoms with Crippen molar-refractivity contribution in [2.45, 2.75) is 13.3 Å². The summed E-state index contributed by atoms with van der Waals surface area (Å²) in [6.45, 7) is 1.95. The molecule has 0 aliphatic carbocycles. The Morgan fingerprint density at radius 2 is 1.95 bits per heavy atom. The Balaban J connectivity index is 2.39. The number of nitrogens with two attached hydrogens (primary N) is 1. The normalized spacial score (nSPS) is 10.3. The van der Waals surface area contributed by atoms with Gasteiger partial charge in [-0.2, -0.15) is 0 Å². The minimum Gasteiger partial charge on any atom is -0.456 e. The summed E-state index contributed by atoms with van der Waals surface area (Å²) >= 11 is 0. The van der Waals surface area contributed by atoms with E-state index >= 15 is 0 Å². The first-order valence-corrected chi connectivity index (χ1v) is 6.39. The summed E-state index contributed by atoms with van der Waals surface area (Å²) in [7, 11) is 0. The van der Waals surface area contributed by atoms with Gasteiger partial charge in [-0.25, -0.2) is 0 Å². The number of aryl methyl sites for hydroxylation is 1. The van der Waals surface area contributed by atoms with Gasteiger partial charge in [0.25, 0.3) is 5.91 Å². The number of rotatable bonds is 5. The molecule has 0 aliphatic heterocycles. The SMILES string of the molecule is Cc1ccc(C(N)=O)c(Oc2ccccc2CCO)c1. The van der Waals surface area contributed by atoms with E-state index in [-0.39, 0.29) is 6.61 Å². The van der Waals surface area contributed by atoms with Crippen molar-refractivity contribution in [3.8, 4) is 11.5 Å². The van der Waals surface area contributed by atoms with Crippen molar-refractivity contribution in [2.75, 3.05) is 6.61 Å². The fraction of sp³-hybridized carbons (Fsp3) is 0.188. The number of hydrogen-bond donors (Lipinski definition) is 2. The fourth-order valence-corrected chi connectivity index (χ4v) is 1.97. The quantitative estimate of drug-likeness (QED) is 0.877. The lowest BCUT2D eigenvalue weighted by molar-refractivity contribution is 0.0998. The molecule has 0 unspecified atom stereocenters. The number of primary amides is 1. The van der Waals surface area contributed by atoms with Gasteiger partial charge in [0.15, 0.2) is 0 Å². The number of benzene rings is 2. The first-order valence-electron chi connectivity index (χ1n) is 6.39. The van der Waals surface area contributed by atoms with Crippen LogP contribution in [0.5, 0.6) is 11.5 Å². The molecule has 0 heterocycles. The largest absolute Gasteiger partial charge is 0.456 e. The van der Waals surface area contributed by atoms with E-state index in [4.69, 9.17) is 15.6 Å². The summed E-state index contributed by atoms with van der Waals surface area (Å²) in [5.74, 6) is 0.525. The number of carbonyl (C=O) groups is 1. The van der Waals surface area contributed by atoms with E-state index in [1.807, 2.05) is 31.2 Å². The van der Waals surface area contributed by atoms with E-state index in [9.17, 15) is 4.79 Å². The van der Waals surface area contributed by atoms with Crippen LogP contribution in [0, 0.1) is 6.92 Å². The smallest absolute Gasteiger partial charge is 0.252 e. The Morgan fingerprint density at radius 1 is 1.20 bits per heavy atom. The molecule has 3 N–H and O–H groups in total. The average Bonchev–Trinajstić information content (AvgIpc) is 2.41. The Bertz CT molecular complexity index is 623. The zero-order valence-corrected chi connectivity index (χ0v) is 11.3. The van der Waals surface area contributed by atoms with Gasteiger partial charge in [0.2, 0.25) is 0 Å². The molecule has 2 rings (SSSR count). The predicted octanol–water partition coefficient (Wildman–Crippen LogP) is 2.42. The van der Waals surface area contributed by atoms with Crippen molar-refractivity contribution in [3.63, 3.8) is 0 Å². The van der Waals surface area contributed by atoms with Gasteiger partial charge in [0.1, 0.15) is 11.5 Å².